The van der Waals surface area contributed by atoms with Crippen LogP contribution < -0.4 is 19.6 Å². The van der Waals surface area contributed by atoms with Crippen molar-refractivity contribution < 1.29 is 18.7 Å². The van der Waals surface area contributed by atoms with E-state index in [2.05, 4.69) is 52.4 Å². The van der Waals surface area contributed by atoms with E-state index in [9.17, 15) is 14.0 Å². The zero-order valence-electron chi connectivity index (χ0n) is 26.4. The van der Waals surface area contributed by atoms with Crippen molar-refractivity contribution in [1.82, 2.24) is 4.57 Å². The number of carbonyl (C=O) groups is 1. The van der Waals surface area contributed by atoms with Crippen LogP contribution in [-0.4, -0.2) is 17.1 Å². The molecule has 0 fully saturated rings. The molecule has 1 aliphatic heterocycles. The number of thiazole rings is 1. The molecule has 5 aromatic rings. The molecule has 48 heavy (non-hydrogen) atoms. The van der Waals surface area contributed by atoms with E-state index in [0.29, 0.717) is 37.8 Å². The highest BCUT2D eigenvalue weighted by Gasteiger charge is 2.35. The van der Waals surface area contributed by atoms with Gasteiger partial charge in [0.05, 0.1) is 32.0 Å². The Kier molecular flexibility index (Phi) is 10.4. The molecule has 0 radical (unpaired) electrons. The smallest absolute Gasteiger partial charge is 0.338 e. The standard InChI is InChI=1S/C38H31BrFIN2O4S/c1-4-46-37(45)32-33(25-8-6-5-7-9-25)42-38-43(34(32)26-14-12-24(13-15-26)22(2)3)36(44)31(48-38)19-27-18-28(39)20-30(41)35(27)47-21-23-10-16-29(40)17-11-23/h5-20,22,34H,4,21H2,1-3H3/b31-19-/t34-/m0/s1. The molecule has 0 spiro atoms. The summed E-state index contributed by atoms with van der Waals surface area (Å²) in [6, 6.07) is 26.7. The van der Waals surface area contributed by atoms with Crippen molar-refractivity contribution in [3.8, 4) is 5.75 Å². The van der Waals surface area contributed by atoms with Gasteiger partial charge in [0.15, 0.2) is 4.80 Å². The van der Waals surface area contributed by atoms with Crippen LogP contribution in [0.4, 0.5) is 4.39 Å². The Bertz CT molecular complexity index is 2200. The van der Waals surface area contributed by atoms with E-state index in [4.69, 9.17) is 14.5 Å². The number of nitrogens with zero attached hydrogens (tertiary/aromatic N) is 2. The summed E-state index contributed by atoms with van der Waals surface area (Å²) in [5.41, 5.74) is 4.66. The molecule has 0 bridgehead atoms. The number of hydrogen-bond acceptors (Lipinski definition) is 6. The fourth-order valence-corrected chi connectivity index (χ4v) is 8.23. The molecule has 1 aliphatic rings. The highest BCUT2D eigenvalue weighted by Crippen LogP contribution is 2.36. The molecule has 0 aliphatic carbocycles. The molecular weight excluding hydrogens is 806 g/mol. The van der Waals surface area contributed by atoms with Crippen LogP contribution in [0.1, 0.15) is 60.5 Å². The lowest BCUT2D eigenvalue weighted by atomic mass is 9.91. The van der Waals surface area contributed by atoms with Crippen LogP contribution in [0.15, 0.2) is 111 Å². The number of halogens is 3. The minimum Gasteiger partial charge on any atom is -0.487 e. The molecule has 1 atom stereocenters. The average Bonchev–Trinajstić information content (AvgIpc) is 3.38. The quantitative estimate of drug-likeness (QED) is 0.111. The summed E-state index contributed by atoms with van der Waals surface area (Å²) in [6.45, 7) is 6.40. The molecule has 6 rings (SSSR count). The zero-order valence-corrected chi connectivity index (χ0v) is 30.9. The van der Waals surface area contributed by atoms with Gasteiger partial charge in [0.25, 0.3) is 5.56 Å². The molecule has 6 nitrogen and oxygen atoms in total. The zero-order chi connectivity index (χ0) is 33.9. The number of ether oxygens (including phenoxy) is 2. The van der Waals surface area contributed by atoms with Gasteiger partial charge < -0.3 is 9.47 Å². The third kappa shape index (κ3) is 7.11. The number of esters is 1. The first kappa shape index (κ1) is 34.0. The van der Waals surface area contributed by atoms with Gasteiger partial charge in [-0.1, -0.05) is 108 Å². The molecule has 4 aromatic carbocycles. The molecule has 2 heterocycles. The van der Waals surface area contributed by atoms with Crippen molar-refractivity contribution in [2.24, 2.45) is 4.99 Å². The summed E-state index contributed by atoms with van der Waals surface area (Å²) in [5.74, 6) is 0.0644. The van der Waals surface area contributed by atoms with E-state index in [-0.39, 0.29) is 24.6 Å². The first-order chi connectivity index (χ1) is 23.1. The molecule has 244 valence electrons. The lowest BCUT2D eigenvalue weighted by Crippen LogP contribution is -2.40. The topological polar surface area (TPSA) is 69.9 Å². The Balaban J connectivity index is 1.55. The second-order valence-corrected chi connectivity index (χ2v) is 14.6. The molecule has 0 unspecified atom stereocenters. The largest absolute Gasteiger partial charge is 0.487 e. The fourth-order valence-electron chi connectivity index (χ4n) is 5.54. The fraction of sp³-hybridized carbons (Fsp3) is 0.184. The molecule has 10 heteroatoms. The number of carbonyl (C=O) groups excluding carboxylic acids is 1. The Labute approximate surface area is 303 Å². The number of benzene rings is 4. The Morgan fingerprint density at radius 2 is 1.77 bits per heavy atom. The van der Waals surface area contributed by atoms with Gasteiger partial charge in [-0.25, -0.2) is 14.2 Å². The predicted octanol–water partition coefficient (Wildman–Crippen LogP) is 8.14. The predicted molar refractivity (Wildman–Crippen MR) is 199 cm³/mol. The van der Waals surface area contributed by atoms with Crippen LogP contribution in [-0.2, 0) is 16.1 Å². The van der Waals surface area contributed by atoms with Crippen LogP contribution in [0.3, 0.4) is 0 Å². The Hall–Kier alpha value is -3.87. The Morgan fingerprint density at radius 3 is 2.44 bits per heavy atom. The maximum Gasteiger partial charge on any atom is 0.338 e. The SMILES string of the molecule is CCOC(=O)C1=C(c2ccccc2)N=c2s/c(=C\c3cc(Br)cc(I)c3OCc3ccc(F)cc3)c(=O)n2[C@H]1c1ccc(C(C)C)cc1. The van der Waals surface area contributed by atoms with Gasteiger partial charge in [-0.2, -0.15) is 0 Å². The van der Waals surface area contributed by atoms with E-state index in [1.54, 1.807) is 29.7 Å². The van der Waals surface area contributed by atoms with Crippen LogP contribution in [0.2, 0.25) is 0 Å². The highest BCUT2D eigenvalue weighted by atomic mass is 127. The van der Waals surface area contributed by atoms with Gasteiger partial charge in [0, 0.05) is 15.6 Å². The number of hydrogen-bond donors (Lipinski definition) is 0. The van der Waals surface area contributed by atoms with Crippen LogP contribution in [0.5, 0.6) is 5.75 Å². The number of fused-ring (bicyclic) bond motifs is 1. The van der Waals surface area contributed by atoms with Crippen LogP contribution in [0, 0.1) is 9.39 Å². The van der Waals surface area contributed by atoms with Crippen LogP contribution >= 0.6 is 49.9 Å². The molecule has 0 N–H and O–H groups in total. The second-order valence-electron chi connectivity index (χ2n) is 11.5. The first-order valence-electron chi connectivity index (χ1n) is 15.4. The van der Waals surface area contributed by atoms with Gasteiger partial charge in [-0.15, -0.1) is 0 Å². The minimum absolute atomic E-state index is 0.177. The van der Waals surface area contributed by atoms with E-state index in [1.165, 1.54) is 23.5 Å². The molecule has 0 saturated heterocycles. The van der Waals surface area contributed by atoms with Crippen molar-refractivity contribution in [3.05, 3.63) is 158 Å². The normalized spacial score (nSPS) is 14.6. The lowest BCUT2D eigenvalue weighted by Gasteiger charge is -2.26. The molecular formula is C38H31BrFIN2O4S. The maximum atomic E-state index is 14.5. The second kappa shape index (κ2) is 14.7. The molecule has 1 aromatic heterocycles. The van der Waals surface area contributed by atoms with Crippen molar-refractivity contribution in [1.29, 1.82) is 0 Å². The molecule has 0 amide bonds. The van der Waals surface area contributed by atoms with Gasteiger partial charge in [-0.05, 0) is 82.5 Å². The van der Waals surface area contributed by atoms with Gasteiger partial charge in [0.1, 0.15) is 18.2 Å². The third-order valence-corrected chi connectivity index (χ3v) is 10.2. The monoisotopic (exact) mass is 836 g/mol. The molecule has 0 saturated carbocycles. The summed E-state index contributed by atoms with van der Waals surface area (Å²) < 4.78 is 29.0. The maximum absolute atomic E-state index is 14.5. The van der Waals surface area contributed by atoms with Crippen LogP contribution in [0.25, 0.3) is 11.8 Å². The van der Waals surface area contributed by atoms with E-state index >= 15 is 0 Å². The number of aromatic nitrogens is 1. The minimum atomic E-state index is -0.768. The summed E-state index contributed by atoms with van der Waals surface area (Å²) >= 11 is 7.04. The third-order valence-electron chi connectivity index (χ3n) is 7.91. The average molecular weight is 838 g/mol. The highest BCUT2D eigenvalue weighted by molar-refractivity contribution is 14.1. The summed E-state index contributed by atoms with van der Waals surface area (Å²) in [4.78, 5) is 33.7. The summed E-state index contributed by atoms with van der Waals surface area (Å²) in [5, 5.41) is 0. The summed E-state index contributed by atoms with van der Waals surface area (Å²) in [7, 11) is 0. The Morgan fingerprint density at radius 1 is 1.06 bits per heavy atom. The van der Waals surface area contributed by atoms with Gasteiger partial charge in [-0.3, -0.25) is 9.36 Å². The number of rotatable bonds is 9. The summed E-state index contributed by atoms with van der Waals surface area (Å²) in [6.07, 6.45) is 1.80. The van der Waals surface area contributed by atoms with E-state index in [1.807, 2.05) is 66.7 Å². The van der Waals surface area contributed by atoms with Crippen molar-refractivity contribution in [3.63, 3.8) is 0 Å². The van der Waals surface area contributed by atoms with E-state index in [0.717, 1.165) is 30.3 Å². The van der Waals surface area contributed by atoms with E-state index < -0.39 is 12.0 Å². The van der Waals surface area contributed by atoms with Gasteiger partial charge >= 0.3 is 5.97 Å². The van der Waals surface area contributed by atoms with Crippen molar-refractivity contribution in [2.75, 3.05) is 6.61 Å². The van der Waals surface area contributed by atoms with Crippen molar-refractivity contribution in [2.45, 2.75) is 39.3 Å². The first-order valence-corrected chi connectivity index (χ1v) is 18.1. The van der Waals surface area contributed by atoms with Gasteiger partial charge in [0.2, 0.25) is 0 Å². The lowest BCUT2D eigenvalue weighted by molar-refractivity contribution is -0.138. The van der Waals surface area contributed by atoms with Crippen molar-refractivity contribution >= 4 is 67.6 Å².